The molecule has 44 heavy (non-hydrogen) atoms. The second kappa shape index (κ2) is 8.82. The van der Waals surface area contributed by atoms with Gasteiger partial charge in [0.05, 0.1) is 11.0 Å². The highest BCUT2D eigenvalue weighted by Crippen LogP contribution is 2.39. The van der Waals surface area contributed by atoms with E-state index in [9.17, 15) is 0 Å². The van der Waals surface area contributed by atoms with E-state index in [1.807, 2.05) is 0 Å². The van der Waals surface area contributed by atoms with Crippen LogP contribution in [-0.2, 0) is 0 Å². The Kier molecular flexibility index (Phi) is 4.75. The molecule has 0 saturated heterocycles. The molecule has 10 aromatic rings. The fraction of sp³-hybridized carbons (Fsp3) is 0. The van der Waals surface area contributed by atoms with E-state index in [1.54, 1.807) is 0 Å². The van der Waals surface area contributed by atoms with Gasteiger partial charge in [-0.2, -0.15) is 0 Å². The third kappa shape index (κ3) is 3.25. The molecule has 0 spiro atoms. The SMILES string of the molecule is c1ccc2c(c1)[nH]c1ccc(-n3c4ccccc4c4cc(-c5ccc6c7ccccc7c7ccccc7c6c5)ccc43)cc12. The molecule has 0 aliphatic heterocycles. The second-order valence-electron chi connectivity index (χ2n) is 11.8. The van der Waals surface area contributed by atoms with Crippen LogP contribution in [0.3, 0.4) is 0 Å². The number of nitrogens with one attached hydrogen (secondary N) is 1. The van der Waals surface area contributed by atoms with Gasteiger partial charge in [0.15, 0.2) is 0 Å². The molecule has 2 heteroatoms. The highest BCUT2D eigenvalue weighted by Gasteiger charge is 2.15. The molecule has 0 unspecified atom stereocenters. The highest BCUT2D eigenvalue weighted by atomic mass is 15.0. The number of rotatable bonds is 2. The minimum Gasteiger partial charge on any atom is -0.355 e. The molecule has 8 aromatic carbocycles. The average Bonchev–Trinajstić information content (AvgIpc) is 3.63. The standard InChI is InChI=1S/C42H26N2/c1-2-11-31-29(9-1)30-10-3-4-12-32(30)36-23-26(17-20-33(31)36)27-18-22-42-38(24-27)35-14-6-8-16-41(35)44(42)28-19-21-40-37(25-28)34-13-5-7-15-39(34)43-40/h1-25,43H. The molecule has 2 heterocycles. The van der Waals surface area contributed by atoms with Crippen molar-refractivity contribution >= 4 is 75.9 Å². The number of benzene rings is 8. The first-order valence-corrected chi connectivity index (χ1v) is 15.2. The maximum atomic E-state index is 3.57. The van der Waals surface area contributed by atoms with Crippen molar-refractivity contribution in [3.8, 4) is 16.8 Å². The van der Waals surface area contributed by atoms with Gasteiger partial charge >= 0.3 is 0 Å². The molecule has 204 valence electrons. The lowest BCUT2D eigenvalue weighted by Crippen LogP contribution is -1.93. The number of H-pyrrole nitrogens is 1. The van der Waals surface area contributed by atoms with Gasteiger partial charge < -0.3 is 9.55 Å². The van der Waals surface area contributed by atoms with Crippen LogP contribution in [0, 0.1) is 0 Å². The van der Waals surface area contributed by atoms with Gasteiger partial charge in [0, 0.05) is 38.3 Å². The summed E-state index contributed by atoms with van der Waals surface area (Å²) in [5.74, 6) is 0. The molecule has 10 rings (SSSR count). The highest BCUT2D eigenvalue weighted by molar-refractivity contribution is 6.26. The van der Waals surface area contributed by atoms with E-state index in [1.165, 1.54) is 87.2 Å². The van der Waals surface area contributed by atoms with Gasteiger partial charge in [0.25, 0.3) is 0 Å². The molecule has 0 bridgehead atoms. The fourth-order valence-electron chi connectivity index (χ4n) is 7.49. The van der Waals surface area contributed by atoms with Crippen LogP contribution in [-0.4, -0.2) is 9.55 Å². The summed E-state index contributed by atoms with van der Waals surface area (Å²) in [4.78, 5) is 3.57. The molecule has 1 N–H and O–H groups in total. The summed E-state index contributed by atoms with van der Waals surface area (Å²) < 4.78 is 2.41. The van der Waals surface area contributed by atoms with E-state index in [0.717, 1.165) is 5.52 Å². The fourth-order valence-corrected chi connectivity index (χ4v) is 7.49. The maximum Gasteiger partial charge on any atom is 0.0541 e. The predicted octanol–water partition coefficient (Wildman–Crippen LogP) is 11.5. The number of para-hydroxylation sites is 2. The molecule has 0 fully saturated rings. The molecule has 0 atom stereocenters. The molecular weight excluding hydrogens is 532 g/mol. The Bertz CT molecular complexity index is 2740. The van der Waals surface area contributed by atoms with Gasteiger partial charge in [-0.05, 0) is 92.0 Å². The number of aromatic nitrogens is 2. The van der Waals surface area contributed by atoms with Gasteiger partial charge in [-0.1, -0.05) is 103 Å². The molecular formula is C42H26N2. The molecule has 0 saturated carbocycles. The molecule has 2 nitrogen and oxygen atoms in total. The monoisotopic (exact) mass is 558 g/mol. The summed E-state index contributed by atoms with van der Waals surface area (Å²) in [5, 5.41) is 12.8. The number of hydrogen-bond donors (Lipinski definition) is 1. The second-order valence-corrected chi connectivity index (χ2v) is 11.8. The van der Waals surface area contributed by atoms with Crippen molar-refractivity contribution in [2.24, 2.45) is 0 Å². The van der Waals surface area contributed by atoms with E-state index < -0.39 is 0 Å². The van der Waals surface area contributed by atoms with Crippen molar-refractivity contribution < 1.29 is 0 Å². The lowest BCUT2D eigenvalue weighted by Gasteiger charge is -2.12. The minimum atomic E-state index is 1.16. The van der Waals surface area contributed by atoms with Crippen LogP contribution >= 0.6 is 0 Å². The smallest absolute Gasteiger partial charge is 0.0541 e. The van der Waals surface area contributed by atoms with Gasteiger partial charge in [-0.25, -0.2) is 0 Å². The van der Waals surface area contributed by atoms with Crippen LogP contribution in [0.2, 0.25) is 0 Å². The third-order valence-electron chi connectivity index (χ3n) is 9.50. The van der Waals surface area contributed by atoms with E-state index in [2.05, 4.69) is 161 Å². The number of nitrogens with zero attached hydrogens (tertiary/aromatic N) is 1. The zero-order valence-electron chi connectivity index (χ0n) is 23.9. The van der Waals surface area contributed by atoms with Crippen molar-refractivity contribution in [3.05, 3.63) is 152 Å². The maximum absolute atomic E-state index is 3.57. The van der Waals surface area contributed by atoms with E-state index in [-0.39, 0.29) is 0 Å². The number of aromatic amines is 1. The molecule has 0 aliphatic carbocycles. The molecule has 0 amide bonds. The summed E-state index contributed by atoms with van der Waals surface area (Å²) in [6.45, 7) is 0. The Balaban J connectivity index is 1.21. The number of hydrogen-bond acceptors (Lipinski definition) is 0. The van der Waals surface area contributed by atoms with Crippen molar-refractivity contribution in [3.63, 3.8) is 0 Å². The van der Waals surface area contributed by atoms with Crippen LogP contribution in [0.25, 0.3) is 92.7 Å². The van der Waals surface area contributed by atoms with Crippen LogP contribution in [0.4, 0.5) is 0 Å². The van der Waals surface area contributed by atoms with Crippen LogP contribution in [0.1, 0.15) is 0 Å². The quantitative estimate of drug-likeness (QED) is 0.204. The van der Waals surface area contributed by atoms with Crippen LogP contribution < -0.4 is 0 Å². The van der Waals surface area contributed by atoms with Gasteiger partial charge in [-0.15, -0.1) is 0 Å². The predicted molar refractivity (Wildman–Crippen MR) is 188 cm³/mol. The Labute approximate surface area is 253 Å². The van der Waals surface area contributed by atoms with E-state index >= 15 is 0 Å². The first-order chi connectivity index (χ1) is 21.8. The first-order valence-electron chi connectivity index (χ1n) is 15.2. The Hall–Kier alpha value is -5.86. The van der Waals surface area contributed by atoms with Crippen molar-refractivity contribution in [2.75, 3.05) is 0 Å². The Morgan fingerprint density at radius 2 is 0.841 bits per heavy atom. The average molecular weight is 559 g/mol. The normalized spacial score (nSPS) is 12.1. The molecule has 2 aromatic heterocycles. The Morgan fingerprint density at radius 1 is 0.318 bits per heavy atom. The van der Waals surface area contributed by atoms with Crippen LogP contribution in [0.15, 0.2) is 152 Å². The van der Waals surface area contributed by atoms with Crippen molar-refractivity contribution in [1.29, 1.82) is 0 Å². The Morgan fingerprint density at radius 3 is 1.59 bits per heavy atom. The van der Waals surface area contributed by atoms with E-state index in [4.69, 9.17) is 0 Å². The molecule has 0 radical (unpaired) electrons. The first kappa shape index (κ1) is 23.7. The summed E-state index contributed by atoms with van der Waals surface area (Å²) in [6.07, 6.45) is 0. The van der Waals surface area contributed by atoms with Gasteiger partial charge in [0.2, 0.25) is 0 Å². The minimum absolute atomic E-state index is 1.16. The molecule has 0 aliphatic rings. The third-order valence-corrected chi connectivity index (χ3v) is 9.50. The summed E-state index contributed by atoms with van der Waals surface area (Å²) in [6, 6.07) is 55.6. The van der Waals surface area contributed by atoms with Crippen molar-refractivity contribution in [2.45, 2.75) is 0 Å². The van der Waals surface area contributed by atoms with E-state index in [0.29, 0.717) is 0 Å². The van der Waals surface area contributed by atoms with Gasteiger partial charge in [-0.3, -0.25) is 0 Å². The van der Waals surface area contributed by atoms with Gasteiger partial charge in [0.1, 0.15) is 0 Å². The number of fused-ring (bicyclic) bond motifs is 12. The largest absolute Gasteiger partial charge is 0.355 e. The summed E-state index contributed by atoms with van der Waals surface area (Å²) in [7, 11) is 0. The topological polar surface area (TPSA) is 20.7 Å². The lowest BCUT2D eigenvalue weighted by molar-refractivity contribution is 1.19. The zero-order valence-corrected chi connectivity index (χ0v) is 23.9. The lowest BCUT2D eigenvalue weighted by atomic mass is 9.92. The summed E-state index contributed by atoms with van der Waals surface area (Å²) in [5.41, 5.74) is 8.40. The van der Waals surface area contributed by atoms with Crippen LogP contribution in [0.5, 0.6) is 0 Å². The summed E-state index contributed by atoms with van der Waals surface area (Å²) >= 11 is 0. The van der Waals surface area contributed by atoms with Crippen molar-refractivity contribution in [1.82, 2.24) is 9.55 Å². The zero-order chi connectivity index (χ0) is 28.8.